The van der Waals surface area contributed by atoms with Crippen molar-refractivity contribution in [2.24, 2.45) is 5.92 Å². The molecule has 5 heteroatoms. The summed E-state index contributed by atoms with van der Waals surface area (Å²) in [6, 6.07) is 2.80. The van der Waals surface area contributed by atoms with Crippen LogP contribution >= 0.6 is 0 Å². The summed E-state index contributed by atoms with van der Waals surface area (Å²) in [5.41, 5.74) is -0.794. The summed E-state index contributed by atoms with van der Waals surface area (Å²) >= 11 is 0. The molecule has 5 nitrogen and oxygen atoms in total. The second-order valence-electron chi connectivity index (χ2n) is 5.53. The number of rotatable bonds is 3. The van der Waals surface area contributed by atoms with Crippen LogP contribution in [0, 0.1) is 5.92 Å². The van der Waals surface area contributed by atoms with Crippen LogP contribution in [0.4, 0.5) is 0 Å². The zero-order valence-electron chi connectivity index (χ0n) is 11.1. The van der Waals surface area contributed by atoms with Gasteiger partial charge in [-0.05, 0) is 37.7 Å². The van der Waals surface area contributed by atoms with Crippen LogP contribution in [0.1, 0.15) is 43.0 Å². The van der Waals surface area contributed by atoms with Gasteiger partial charge in [0.2, 0.25) is 5.56 Å². The van der Waals surface area contributed by atoms with Crippen LogP contribution in [0.15, 0.2) is 23.1 Å². The van der Waals surface area contributed by atoms with E-state index < -0.39 is 5.60 Å². The molecule has 0 saturated heterocycles. The van der Waals surface area contributed by atoms with Gasteiger partial charge in [0.25, 0.3) is 5.91 Å². The average molecular weight is 264 g/mol. The van der Waals surface area contributed by atoms with Crippen LogP contribution in [-0.2, 0) is 0 Å². The lowest BCUT2D eigenvalue weighted by Crippen LogP contribution is -2.45. The number of hydrogen-bond acceptors (Lipinski definition) is 3. The normalized spacial score (nSPS) is 26.9. The molecule has 1 aromatic heterocycles. The second-order valence-corrected chi connectivity index (χ2v) is 5.53. The van der Waals surface area contributed by atoms with E-state index in [0.717, 1.165) is 12.8 Å². The molecule has 19 heavy (non-hydrogen) atoms. The van der Waals surface area contributed by atoms with E-state index in [0.29, 0.717) is 24.3 Å². The Morgan fingerprint density at radius 2 is 2.21 bits per heavy atom. The van der Waals surface area contributed by atoms with Gasteiger partial charge >= 0.3 is 0 Å². The zero-order valence-corrected chi connectivity index (χ0v) is 11.1. The van der Waals surface area contributed by atoms with Crippen LogP contribution in [-0.4, -0.2) is 28.1 Å². The van der Waals surface area contributed by atoms with E-state index >= 15 is 0 Å². The molecule has 1 aromatic rings. The third-order valence-corrected chi connectivity index (χ3v) is 3.82. The molecule has 0 bridgehead atoms. The summed E-state index contributed by atoms with van der Waals surface area (Å²) in [5, 5.41) is 13.1. The minimum Gasteiger partial charge on any atom is -0.388 e. The molecule has 1 aliphatic rings. The van der Waals surface area contributed by atoms with E-state index in [1.807, 2.05) is 0 Å². The minimum absolute atomic E-state index is 0.241. The summed E-state index contributed by atoms with van der Waals surface area (Å²) in [7, 11) is 0. The highest BCUT2D eigenvalue weighted by Gasteiger charge is 2.32. The molecule has 1 saturated carbocycles. The number of carbonyl (C=O) groups is 1. The van der Waals surface area contributed by atoms with Gasteiger partial charge < -0.3 is 15.4 Å². The predicted molar refractivity (Wildman–Crippen MR) is 72.0 cm³/mol. The van der Waals surface area contributed by atoms with Crippen molar-refractivity contribution in [3.8, 4) is 0 Å². The number of H-pyrrole nitrogens is 1. The van der Waals surface area contributed by atoms with E-state index in [1.54, 1.807) is 6.07 Å². The van der Waals surface area contributed by atoms with Gasteiger partial charge in [-0.25, -0.2) is 0 Å². The lowest BCUT2D eigenvalue weighted by Gasteiger charge is -2.34. The van der Waals surface area contributed by atoms with Crippen molar-refractivity contribution in [2.45, 2.75) is 38.2 Å². The monoisotopic (exact) mass is 264 g/mol. The van der Waals surface area contributed by atoms with E-state index in [-0.39, 0.29) is 18.0 Å². The smallest absolute Gasteiger partial charge is 0.251 e. The standard InChI is InChI=1S/C14H20N2O3/c1-10-2-5-14(19,6-3-10)9-16-13(18)11-4-7-15-12(17)8-11/h4,7-8,10,19H,2-3,5-6,9H2,1H3,(H,15,17)(H,16,18). The first-order chi connectivity index (χ1) is 8.98. The maximum absolute atomic E-state index is 11.9. The predicted octanol–water partition coefficient (Wildman–Crippen LogP) is 1.05. The Labute approximate surface area is 112 Å². The highest BCUT2D eigenvalue weighted by molar-refractivity contribution is 5.93. The number of carbonyl (C=O) groups excluding carboxylic acids is 1. The van der Waals surface area contributed by atoms with Gasteiger partial charge in [0.05, 0.1) is 5.60 Å². The van der Waals surface area contributed by atoms with Crippen molar-refractivity contribution in [2.75, 3.05) is 6.54 Å². The molecule has 104 valence electrons. The van der Waals surface area contributed by atoms with Crippen molar-refractivity contribution in [3.05, 3.63) is 34.2 Å². The number of aromatic nitrogens is 1. The summed E-state index contributed by atoms with van der Waals surface area (Å²) in [6.07, 6.45) is 4.83. The Morgan fingerprint density at radius 3 is 2.84 bits per heavy atom. The summed E-state index contributed by atoms with van der Waals surface area (Å²) in [5.74, 6) is 0.321. The highest BCUT2D eigenvalue weighted by atomic mass is 16.3. The molecule has 0 unspecified atom stereocenters. The summed E-state index contributed by atoms with van der Waals surface area (Å²) < 4.78 is 0. The van der Waals surface area contributed by atoms with Crippen molar-refractivity contribution < 1.29 is 9.90 Å². The number of aliphatic hydroxyl groups is 1. The molecule has 0 aliphatic heterocycles. The van der Waals surface area contributed by atoms with Crippen LogP contribution in [0.25, 0.3) is 0 Å². The topological polar surface area (TPSA) is 82.2 Å². The Hall–Kier alpha value is -1.62. The number of aromatic amines is 1. The first-order valence-corrected chi connectivity index (χ1v) is 6.68. The van der Waals surface area contributed by atoms with Gasteiger partial charge in [-0.15, -0.1) is 0 Å². The molecule has 0 radical (unpaired) electrons. The van der Waals surface area contributed by atoms with Crippen molar-refractivity contribution in [1.29, 1.82) is 0 Å². The average Bonchev–Trinajstić information content (AvgIpc) is 2.40. The number of hydrogen-bond donors (Lipinski definition) is 3. The van der Waals surface area contributed by atoms with Crippen LogP contribution < -0.4 is 10.9 Å². The fourth-order valence-electron chi connectivity index (χ4n) is 2.41. The SMILES string of the molecule is CC1CCC(O)(CNC(=O)c2cc[nH]c(=O)c2)CC1. The van der Waals surface area contributed by atoms with Crippen molar-refractivity contribution >= 4 is 5.91 Å². The Morgan fingerprint density at radius 1 is 1.53 bits per heavy atom. The number of nitrogens with one attached hydrogen (secondary N) is 2. The Kier molecular flexibility index (Phi) is 4.04. The third-order valence-electron chi connectivity index (χ3n) is 3.82. The van der Waals surface area contributed by atoms with Crippen molar-refractivity contribution in [1.82, 2.24) is 10.3 Å². The van der Waals surface area contributed by atoms with Crippen LogP contribution in [0.3, 0.4) is 0 Å². The molecule has 2 rings (SSSR count). The van der Waals surface area contributed by atoms with Gasteiger partial charge in [-0.2, -0.15) is 0 Å². The molecule has 0 atom stereocenters. The molecule has 1 heterocycles. The van der Waals surface area contributed by atoms with Crippen molar-refractivity contribution in [3.63, 3.8) is 0 Å². The maximum atomic E-state index is 11.9. The largest absolute Gasteiger partial charge is 0.388 e. The molecule has 1 fully saturated rings. The summed E-state index contributed by atoms with van der Waals surface area (Å²) in [6.45, 7) is 2.42. The van der Waals surface area contributed by atoms with E-state index in [4.69, 9.17) is 0 Å². The Bertz CT molecular complexity index is 501. The molecule has 3 N–H and O–H groups in total. The fourth-order valence-corrected chi connectivity index (χ4v) is 2.41. The maximum Gasteiger partial charge on any atom is 0.251 e. The van der Waals surface area contributed by atoms with Crippen LogP contribution in [0.5, 0.6) is 0 Å². The van der Waals surface area contributed by atoms with Gasteiger partial charge in [0.15, 0.2) is 0 Å². The molecular weight excluding hydrogens is 244 g/mol. The Balaban J connectivity index is 1.92. The molecule has 0 aromatic carbocycles. The number of amides is 1. The summed E-state index contributed by atoms with van der Waals surface area (Å²) in [4.78, 5) is 25.4. The fraction of sp³-hybridized carbons (Fsp3) is 0.571. The molecule has 1 aliphatic carbocycles. The minimum atomic E-state index is -0.802. The van der Waals surface area contributed by atoms with E-state index in [9.17, 15) is 14.7 Å². The van der Waals surface area contributed by atoms with Gasteiger partial charge in [-0.1, -0.05) is 6.92 Å². The third kappa shape index (κ3) is 3.67. The van der Waals surface area contributed by atoms with Crippen LogP contribution in [0.2, 0.25) is 0 Å². The molecular formula is C14H20N2O3. The lowest BCUT2D eigenvalue weighted by atomic mass is 9.79. The quantitative estimate of drug-likeness (QED) is 0.763. The van der Waals surface area contributed by atoms with Gasteiger partial charge in [0.1, 0.15) is 0 Å². The molecule has 0 spiro atoms. The highest BCUT2D eigenvalue weighted by Crippen LogP contribution is 2.31. The first-order valence-electron chi connectivity index (χ1n) is 6.68. The first kappa shape index (κ1) is 13.8. The molecule has 1 amide bonds. The number of pyridine rings is 1. The van der Waals surface area contributed by atoms with Gasteiger partial charge in [0, 0.05) is 24.4 Å². The lowest BCUT2D eigenvalue weighted by molar-refractivity contribution is -0.00540. The zero-order chi connectivity index (χ0) is 13.9. The van der Waals surface area contributed by atoms with E-state index in [2.05, 4.69) is 17.2 Å². The van der Waals surface area contributed by atoms with Gasteiger partial charge in [-0.3, -0.25) is 9.59 Å². The second kappa shape index (κ2) is 5.57. The van der Waals surface area contributed by atoms with E-state index in [1.165, 1.54) is 12.3 Å².